The Balaban J connectivity index is 2.05. The quantitative estimate of drug-likeness (QED) is 0.640. The van der Waals surface area contributed by atoms with E-state index in [9.17, 15) is 0 Å². The molecule has 0 saturated heterocycles. The predicted octanol–water partition coefficient (Wildman–Crippen LogP) is 5.11. The molecular formula is C16H13BrClNO. The van der Waals surface area contributed by atoms with Crippen LogP contribution in [0.25, 0.3) is 10.9 Å². The molecule has 3 aromatic rings. The Morgan fingerprint density at radius 3 is 2.85 bits per heavy atom. The molecule has 20 heavy (non-hydrogen) atoms. The molecule has 0 aliphatic rings. The van der Waals surface area contributed by atoms with Gasteiger partial charge >= 0.3 is 0 Å². The van der Waals surface area contributed by atoms with Gasteiger partial charge in [0.05, 0.1) is 17.6 Å². The van der Waals surface area contributed by atoms with Crippen LogP contribution in [-0.4, -0.2) is 11.7 Å². The summed E-state index contributed by atoms with van der Waals surface area (Å²) in [7, 11) is 1.68. The largest absolute Gasteiger partial charge is 0.497 e. The van der Waals surface area contributed by atoms with Gasteiger partial charge in [0.25, 0.3) is 0 Å². The third-order valence-electron chi connectivity index (χ3n) is 3.33. The zero-order chi connectivity index (χ0) is 14.1. The summed E-state index contributed by atoms with van der Waals surface area (Å²) in [5, 5.41) is 1.92. The topological polar surface area (TPSA) is 14.2 Å². The Morgan fingerprint density at radius 2 is 2.05 bits per heavy atom. The average Bonchev–Trinajstić information content (AvgIpc) is 2.86. The minimum Gasteiger partial charge on any atom is -0.497 e. The van der Waals surface area contributed by atoms with E-state index in [0.29, 0.717) is 0 Å². The van der Waals surface area contributed by atoms with E-state index in [-0.39, 0.29) is 0 Å². The van der Waals surface area contributed by atoms with Crippen molar-refractivity contribution in [3.8, 4) is 5.75 Å². The third-order valence-corrected chi connectivity index (χ3v) is 4.41. The van der Waals surface area contributed by atoms with E-state index in [4.69, 9.17) is 16.3 Å². The molecule has 0 spiro atoms. The Labute approximate surface area is 131 Å². The first-order valence-electron chi connectivity index (χ1n) is 6.25. The van der Waals surface area contributed by atoms with E-state index in [1.807, 2.05) is 30.3 Å². The molecule has 4 heteroatoms. The molecule has 0 fully saturated rings. The van der Waals surface area contributed by atoms with Gasteiger partial charge in [0.1, 0.15) is 5.75 Å². The van der Waals surface area contributed by atoms with Crippen molar-refractivity contribution in [3.63, 3.8) is 0 Å². The monoisotopic (exact) mass is 349 g/mol. The molecule has 0 aliphatic carbocycles. The lowest BCUT2D eigenvalue weighted by Crippen LogP contribution is -1.99. The van der Waals surface area contributed by atoms with Gasteiger partial charge in [-0.3, -0.25) is 0 Å². The molecule has 0 amide bonds. The van der Waals surface area contributed by atoms with E-state index in [1.165, 1.54) is 0 Å². The number of aromatic nitrogens is 1. The van der Waals surface area contributed by atoms with Crippen LogP contribution in [0.5, 0.6) is 5.75 Å². The zero-order valence-electron chi connectivity index (χ0n) is 10.9. The average molecular weight is 351 g/mol. The lowest BCUT2D eigenvalue weighted by atomic mass is 10.2. The van der Waals surface area contributed by atoms with E-state index in [2.05, 4.69) is 38.8 Å². The maximum atomic E-state index is 6.31. The van der Waals surface area contributed by atoms with Gasteiger partial charge in [-0.05, 0) is 35.9 Å². The first-order chi connectivity index (χ1) is 9.69. The maximum Gasteiger partial charge on any atom is 0.119 e. The number of nitrogens with zero attached hydrogens (tertiary/aromatic N) is 1. The molecule has 0 aliphatic heterocycles. The normalized spacial score (nSPS) is 10.9. The Hall–Kier alpha value is -1.45. The number of fused-ring (bicyclic) bond motifs is 1. The van der Waals surface area contributed by atoms with Crippen molar-refractivity contribution in [2.45, 2.75) is 6.54 Å². The molecule has 0 radical (unpaired) electrons. The van der Waals surface area contributed by atoms with Gasteiger partial charge in [-0.25, -0.2) is 0 Å². The van der Waals surface area contributed by atoms with E-state index >= 15 is 0 Å². The molecule has 1 heterocycles. The number of benzene rings is 2. The number of ether oxygens (including phenoxy) is 1. The molecule has 102 valence electrons. The number of para-hydroxylation sites is 1. The fourth-order valence-electron chi connectivity index (χ4n) is 2.33. The van der Waals surface area contributed by atoms with Crippen molar-refractivity contribution < 1.29 is 4.74 Å². The van der Waals surface area contributed by atoms with E-state index in [1.54, 1.807) is 7.11 Å². The highest BCUT2D eigenvalue weighted by Gasteiger charge is 2.08. The van der Waals surface area contributed by atoms with Crippen LogP contribution in [0.4, 0.5) is 0 Å². The van der Waals surface area contributed by atoms with Crippen molar-refractivity contribution >= 4 is 38.4 Å². The summed E-state index contributed by atoms with van der Waals surface area (Å²) in [6.45, 7) is 0.741. The van der Waals surface area contributed by atoms with Crippen molar-refractivity contribution in [1.29, 1.82) is 0 Å². The van der Waals surface area contributed by atoms with Gasteiger partial charge in [0.15, 0.2) is 0 Å². The molecule has 3 rings (SSSR count). The molecule has 0 saturated carbocycles. The molecule has 2 nitrogen and oxygen atoms in total. The molecule has 0 bridgehead atoms. The van der Waals surface area contributed by atoms with Crippen LogP contribution < -0.4 is 4.74 Å². The molecule has 0 N–H and O–H groups in total. The van der Waals surface area contributed by atoms with E-state index < -0.39 is 0 Å². The van der Waals surface area contributed by atoms with Gasteiger partial charge in [-0.15, -0.1) is 0 Å². The molecule has 1 aromatic heterocycles. The number of methoxy groups -OCH3 is 1. The van der Waals surface area contributed by atoms with Crippen molar-refractivity contribution in [1.82, 2.24) is 4.57 Å². The summed E-state index contributed by atoms with van der Waals surface area (Å²) in [5.74, 6) is 0.853. The second kappa shape index (κ2) is 5.51. The van der Waals surface area contributed by atoms with Crippen molar-refractivity contribution in [2.24, 2.45) is 0 Å². The van der Waals surface area contributed by atoms with Crippen LogP contribution >= 0.6 is 27.5 Å². The minimum absolute atomic E-state index is 0.741. The molecule has 2 aromatic carbocycles. The van der Waals surface area contributed by atoms with Gasteiger partial charge < -0.3 is 9.30 Å². The SMILES string of the molecule is COc1ccc(Br)c(Cn2ccc3cccc(Cl)c32)c1. The number of halogens is 2. The Kier molecular flexibility index (Phi) is 3.72. The van der Waals surface area contributed by atoms with Crippen LogP contribution in [-0.2, 0) is 6.54 Å². The lowest BCUT2D eigenvalue weighted by Gasteiger charge is -2.10. The fraction of sp³-hybridized carbons (Fsp3) is 0.125. The Morgan fingerprint density at radius 1 is 1.20 bits per heavy atom. The summed E-state index contributed by atoms with van der Waals surface area (Å²) in [4.78, 5) is 0. The number of rotatable bonds is 3. The van der Waals surface area contributed by atoms with Crippen LogP contribution in [0.2, 0.25) is 5.02 Å². The fourth-order valence-corrected chi connectivity index (χ4v) is 2.99. The second-order valence-electron chi connectivity index (χ2n) is 4.58. The van der Waals surface area contributed by atoms with Gasteiger partial charge in [0, 0.05) is 22.6 Å². The molecule has 0 atom stereocenters. The summed E-state index contributed by atoms with van der Waals surface area (Å²) in [6.07, 6.45) is 2.06. The van der Waals surface area contributed by atoms with Crippen molar-refractivity contribution in [3.05, 3.63) is 63.7 Å². The summed E-state index contributed by atoms with van der Waals surface area (Å²) < 4.78 is 8.50. The maximum absolute atomic E-state index is 6.31. The number of hydrogen-bond acceptors (Lipinski definition) is 1. The van der Waals surface area contributed by atoms with Crippen molar-refractivity contribution in [2.75, 3.05) is 7.11 Å². The van der Waals surface area contributed by atoms with E-state index in [0.717, 1.165) is 38.3 Å². The van der Waals surface area contributed by atoms with Crippen LogP contribution in [0, 0.1) is 0 Å². The highest BCUT2D eigenvalue weighted by molar-refractivity contribution is 9.10. The highest BCUT2D eigenvalue weighted by atomic mass is 79.9. The van der Waals surface area contributed by atoms with Gasteiger partial charge in [0.2, 0.25) is 0 Å². The second-order valence-corrected chi connectivity index (χ2v) is 5.84. The first kappa shape index (κ1) is 13.5. The standard InChI is InChI=1S/C16H13BrClNO/c1-20-13-5-6-14(17)12(9-13)10-19-8-7-11-3-2-4-15(18)16(11)19/h2-9H,10H2,1H3. The number of hydrogen-bond donors (Lipinski definition) is 0. The Bertz CT molecular complexity index is 766. The summed E-state index contributed by atoms with van der Waals surface area (Å²) in [5.41, 5.74) is 2.21. The van der Waals surface area contributed by atoms with Gasteiger partial charge in [-0.2, -0.15) is 0 Å². The van der Waals surface area contributed by atoms with Crippen LogP contribution in [0.1, 0.15) is 5.56 Å². The minimum atomic E-state index is 0.741. The summed E-state index contributed by atoms with van der Waals surface area (Å²) >= 11 is 9.90. The predicted molar refractivity (Wildman–Crippen MR) is 86.7 cm³/mol. The zero-order valence-corrected chi connectivity index (χ0v) is 13.3. The van der Waals surface area contributed by atoms with Gasteiger partial charge in [-0.1, -0.05) is 39.7 Å². The smallest absolute Gasteiger partial charge is 0.119 e. The highest BCUT2D eigenvalue weighted by Crippen LogP contribution is 2.28. The molecule has 0 unspecified atom stereocenters. The van der Waals surface area contributed by atoms with Crippen LogP contribution in [0.3, 0.4) is 0 Å². The first-order valence-corrected chi connectivity index (χ1v) is 7.42. The molecular weight excluding hydrogens is 338 g/mol. The lowest BCUT2D eigenvalue weighted by molar-refractivity contribution is 0.414. The summed E-state index contributed by atoms with van der Waals surface area (Å²) in [6, 6.07) is 14.0. The third kappa shape index (κ3) is 2.43. The van der Waals surface area contributed by atoms with Crippen LogP contribution in [0.15, 0.2) is 53.1 Å².